The van der Waals surface area contributed by atoms with E-state index in [9.17, 15) is 4.79 Å². The Morgan fingerprint density at radius 2 is 1.94 bits per heavy atom. The third-order valence-corrected chi connectivity index (χ3v) is 6.76. The van der Waals surface area contributed by atoms with E-state index in [4.69, 9.17) is 0 Å². The van der Waals surface area contributed by atoms with Crippen LogP contribution in [0.25, 0.3) is 0 Å². The van der Waals surface area contributed by atoms with Crippen LogP contribution in [0.15, 0.2) is 41.6 Å². The smallest absolute Gasteiger partial charge is 0.319 e. The van der Waals surface area contributed by atoms with Crippen molar-refractivity contribution in [3.63, 3.8) is 0 Å². The predicted molar refractivity (Wildman–Crippen MR) is 129 cm³/mol. The lowest BCUT2D eigenvalue weighted by molar-refractivity contribution is 0.244. The van der Waals surface area contributed by atoms with E-state index in [-0.39, 0.29) is 6.03 Å². The van der Waals surface area contributed by atoms with Crippen molar-refractivity contribution in [2.75, 3.05) is 49.5 Å². The number of piperazine rings is 1. The van der Waals surface area contributed by atoms with E-state index in [0.29, 0.717) is 11.8 Å². The van der Waals surface area contributed by atoms with Crippen LogP contribution in [0.5, 0.6) is 0 Å². The van der Waals surface area contributed by atoms with Crippen LogP contribution < -0.4 is 15.5 Å². The molecular formula is C23H34N6OS. The van der Waals surface area contributed by atoms with Crippen molar-refractivity contribution in [3.8, 4) is 0 Å². The zero-order valence-electron chi connectivity index (χ0n) is 18.8. The summed E-state index contributed by atoms with van der Waals surface area (Å²) >= 11 is 1.87. The second-order valence-corrected chi connectivity index (χ2v) is 9.44. The number of nitrogens with zero attached hydrogens (tertiary/aromatic N) is 4. The first-order valence-electron chi connectivity index (χ1n) is 11.1. The van der Waals surface area contributed by atoms with E-state index >= 15 is 0 Å². The number of aryl methyl sites for hydroxylation is 1. The third-order valence-electron chi connectivity index (χ3n) is 5.50. The molecule has 1 atom stereocenters. The van der Waals surface area contributed by atoms with Gasteiger partial charge in [-0.25, -0.2) is 14.8 Å². The molecule has 0 saturated carbocycles. The number of amides is 2. The van der Waals surface area contributed by atoms with Crippen molar-refractivity contribution < 1.29 is 4.79 Å². The summed E-state index contributed by atoms with van der Waals surface area (Å²) in [6.45, 7) is 12.0. The van der Waals surface area contributed by atoms with Crippen LogP contribution in [0.1, 0.15) is 32.3 Å². The SMILES string of the molecule is CCC(C)Sc1ccc(NC(=O)NCCCN2CCN(c3ncccn3)CC2)c(C)c1. The van der Waals surface area contributed by atoms with Crippen molar-refractivity contribution in [3.05, 3.63) is 42.2 Å². The van der Waals surface area contributed by atoms with Crippen LogP contribution in [0.4, 0.5) is 16.4 Å². The van der Waals surface area contributed by atoms with Gasteiger partial charge in [-0.15, -0.1) is 11.8 Å². The van der Waals surface area contributed by atoms with E-state index in [1.165, 1.54) is 4.90 Å². The Labute approximate surface area is 190 Å². The highest BCUT2D eigenvalue weighted by molar-refractivity contribution is 7.99. The number of hydrogen-bond acceptors (Lipinski definition) is 6. The number of hydrogen-bond donors (Lipinski definition) is 2. The van der Waals surface area contributed by atoms with Crippen LogP contribution in [-0.4, -0.2) is 65.4 Å². The zero-order chi connectivity index (χ0) is 22.1. The molecule has 168 valence electrons. The van der Waals surface area contributed by atoms with Gasteiger partial charge in [-0.05, 0) is 56.1 Å². The Morgan fingerprint density at radius 3 is 2.61 bits per heavy atom. The Morgan fingerprint density at radius 1 is 1.19 bits per heavy atom. The summed E-state index contributed by atoms with van der Waals surface area (Å²) in [7, 11) is 0. The molecule has 2 aromatic rings. The third kappa shape index (κ3) is 7.40. The van der Waals surface area contributed by atoms with E-state index < -0.39 is 0 Å². The van der Waals surface area contributed by atoms with Gasteiger partial charge >= 0.3 is 6.03 Å². The van der Waals surface area contributed by atoms with Crippen LogP contribution in [0.3, 0.4) is 0 Å². The van der Waals surface area contributed by atoms with Gasteiger partial charge in [0.25, 0.3) is 0 Å². The molecular weight excluding hydrogens is 408 g/mol. The van der Waals surface area contributed by atoms with Gasteiger partial charge in [-0.1, -0.05) is 13.8 Å². The highest BCUT2D eigenvalue weighted by Gasteiger charge is 2.18. The summed E-state index contributed by atoms with van der Waals surface area (Å²) < 4.78 is 0. The zero-order valence-corrected chi connectivity index (χ0v) is 19.6. The highest BCUT2D eigenvalue weighted by Crippen LogP contribution is 2.28. The number of urea groups is 1. The second-order valence-electron chi connectivity index (χ2n) is 7.93. The fraction of sp³-hybridized carbons (Fsp3) is 0.522. The average molecular weight is 443 g/mol. The minimum atomic E-state index is -0.142. The number of anilines is 2. The van der Waals surface area contributed by atoms with Gasteiger partial charge in [0, 0.05) is 61.0 Å². The molecule has 0 spiro atoms. The Hall–Kier alpha value is -2.32. The molecule has 8 heteroatoms. The first-order valence-corrected chi connectivity index (χ1v) is 12.0. The molecule has 0 bridgehead atoms. The van der Waals surface area contributed by atoms with E-state index in [0.717, 1.165) is 62.8 Å². The number of aromatic nitrogens is 2. The van der Waals surface area contributed by atoms with Crippen LogP contribution in [0.2, 0.25) is 0 Å². The number of benzene rings is 1. The normalized spacial score (nSPS) is 15.5. The van der Waals surface area contributed by atoms with Crippen LogP contribution in [-0.2, 0) is 0 Å². The topological polar surface area (TPSA) is 73.4 Å². The minimum absolute atomic E-state index is 0.142. The van der Waals surface area contributed by atoms with Gasteiger partial charge in [0.05, 0.1) is 0 Å². The largest absolute Gasteiger partial charge is 0.338 e. The summed E-state index contributed by atoms with van der Waals surface area (Å²) in [6, 6.07) is 7.92. The summed E-state index contributed by atoms with van der Waals surface area (Å²) in [5.74, 6) is 0.808. The van der Waals surface area contributed by atoms with Crippen molar-refractivity contribution in [2.24, 2.45) is 0 Å². The Balaban J connectivity index is 1.33. The van der Waals surface area contributed by atoms with Crippen LogP contribution >= 0.6 is 11.8 Å². The monoisotopic (exact) mass is 442 g/mol. The van der Waals surface area contributed by atoms with Crippen LogP contribution in [0, 0.1) is 6.92 Å². The maximum Gasteiger partial charge on any atom is 0.319 e. The molecule has 2 amide bonds. The summed E-state index contributed by atoms with van der Waals surface area (Å²) in [6.07, 6.45) is 5.64. The first kappa shape index (κ1) is 23.3. The van der Waals surface area contributed by atoms with E-state index in [1.54, 1.807) is 12.4 Å². The maximum atomic E-state index is 12.3. The van der Waals surface area contributed by atoms with E-state index in [1.807, 2.05) is 30.8 Å². The van der Waals surface area contributed by atoms with E-state index in [2.05, 4.69) is 56.4 Å². The molecule has 7 nitrogen and oxygen atoms in total. The molecule has 2 heterocycles. The second kappa shape index (κ2) is 11.9. The average Bonchev–Trinajstić information content (AvgIpc) is 2.79. The predicted octanol–water partition coefficient (Wildman–Crippen LogP) is 4.01. The quantitative estimate of drug-likeness (QED) is 0.452. The lowest BCUT2D eigenvalue weighted by atomic mass is 10.2. The molecule has 1 aromatic carbocycles. The molecule has 3 rings (SSSR count). The summed E-state index contributed by atoms with van der Waals surface area (Å²) in [4.78, 5) is 26.8. The Kier molecular flexibility index (Phi) is 8.97. The fourth-order valence-corrected chi connectivity index (χ4v) is 4.49. The standard InChI is InChI=1S/C23H34N6OS/c1-4-19(3)31-20-7-8-21(18(2)17-20)27-23(30)26-11-6-12-28-13-15-29(16-14-28)22-24-9-5-10-25-22/h5,7-10,17,19H,4,6,11-16H2,1-3H3,(H2,26,27,30). The maximum absolute atomic E-state index is 12.3. The molecule has 2 N–H and O–H groups in total. The molecule has 31 heavy (non-hydrogen) atoms. The molecule has 0 radical (unpaired) electrons. The lowest BCUT2D eigenvalue weighted by Gasteiger charge is -2.34. The van der Waals surface area contributed by atoms with Crippen molar-refractivity contribution in [1.82, 2.24) is 20.2 Å². The summed E-state index contributed by atoms with van der Waals surface area (Å²) in [5, 5.41) is 6.54. The van der Waals surface area contributed by atoms with Gasteiger partial charge in [-0.2, -0.15) is 0 Å². The number of carbonyl (C=O) groups is 1. The lowest BCUT2D eigenvalue weighted by Crippen LogP contribution is -2.47. The van der Waals surface area contributed by atoms with Gasteiger partial charge in [0.15, 0.2) is 0 Å². The highest BCUT2D eigenvalue weighted by atomic mass is 32.2. The van der Waals surface area contributed by atoms with Gasteiger partial charge in [-0.3, -0.25) is 4.90 Å². The van der Waals surface area contributed by atoms with Gasteiger partial charge in [0.1, 0.15) is 0 Å². The van der Waals surface area contributed by atoms with Gasteiger partial charge in [0.2, 0.25) is 5.95 Å². The van der Waals surface area contributed by atoms with Gasteiger partial charge < -0.3 is 15.5 Å². The molecule has 1 aliphatic heterocycles. The van der Waals surface area contributed by atoms with Crippen molar-refractivity contribution >= 4 is 29.4 Å². The molecule has 1 aliphatic rings. The Bertz CT molecular complexity index is 826. The number of nitrogens with one attached hydrogen (secondary N) is 2. The van der Waals surface area contributed by atoms with Crippen molar-refractivity contribution in [1.29, 1.82) is 0 Å². The number of carbonyl (C=O) groups excluding carboxylic acids is 1. The molecule has 1 aromatic heterocycles. The summed E-state index contributed by atoms with van der Waals surface area (Å²) in [5.41, 5.74) is 1.95. The molecule has 1 fully saturated rings. The van der Waals surface area contributed by atoms with Crippen molar-refractivity contribution in [2.45, 2.75) is 43.8 Å². The molecule has 0 aliphatic carbocycles. The molecule has 1 saturated heterocycles. The number of thioether (sulfide) groups is 1. The first-order chi connectivity index (χ1) is 15.0. The molecule has 1 unspecified atom stereocenters. The fourth-order valence-electron chi connectivity index (χ4n) is 3.46. The minimum Gasteiger partial charge on any atom is -0.338 e. The number of rotatable bonds is 9.